The lowest BCUT2D eigenvalue weighted by atomic mass is 9.71. The van der Waals surface area contributed by atoms with Crippen molar-refractivity contribution in [3.8, 4) is 6.07 Å². The Bertz CT molecular complexity index is 472. The van der Waals surface area contributed by atoms with E-state index in [0.29, 0.717) is 18.3 Å². The number of nitriles is 1. The summed E-state index contributed by atoms with van der Waals surface area (Å²) in [7, 11) is 0. The van der Waals surface area contributed by atoms with Gasteiger partial charge in [-0.15, -0.1) is 0 Å². The first-order valence-electron chi connectivity index (χ1n) is 6.44. The van der Waals surface area contributed by atoms with Crippen LogP contribution in [0.3, 0.4) is 0 Å². The summed E-state index contributed by atoms with van der Waals surface area (Å²) >= 11 is 0. The number of rotatable bonds is 2. The average Bonchev–Trinajstić information content (AvgIpc) is 3.18. The lowest BCUT2D eigenvalue weighted by molar-refractivity contribution is -0.00742. The van der Waals surface area contributed by atoms with E-state index in [4.69, 9.17) is 5.26 Å². The molecule has 0 bridgehead atoms. The van der Waals surface area contributed by atoms with Crippen LogP contribution in [0, 0.1) is 17.2 Å². The lowest BCUT2D eigenvalue weighted by Gasteiger charge is -2.38. The van der Waals surface area contributed by atoms with Crippen LogP contribution in [0.5, 0.6) is 0 Å². The summed E-state index contributed by atoms with van der Waals surface area (Å²) in [6, 6.07) is 10.4. The van der Waals surface area contributed by atoms with Gasteiger partial charge in [0.05, 0.1) is 11.7 Å². The molecule has 1 saturated carbocycles. The van der Waals surface area contributed by atoms with Crippen molar-refractivity contribution in [2.45, 2.75) is 43.6 Å². The summed E-state index contributed by atoms with van der Waals surface area (Å²) < 4.78 is 0. The first kappa shape index (κ1) is 10.8. The van der Waals surface area contributed by atoms with Crippen molar-refractivity contribution in [3.63, 3.8) is 0 Å². The highest BCUT2D eigenvalue weighted by Gasteiger charge is 2.48. The van der Waals surface area contributed by atoms with Gasteiger partial charge in [0.15, 0.2) is 0 Å². The molecule has 2 atom stereocenters. The summed E-state index contributed by atoms with van der Waals surface area (Å²) in [5.74, 6) is 0.766. The van der Waals surface area contributed by atoms with Crippen LogP contribution in [0.2, 0.25) is 0 Å². The standard InChI is InChI=1S/C15H17NO/c16-10-8-11-7-9-15(17,12-5-6-12)14-4-2-1-3-13(11)14/h1-4,11-12,17H,5-9H2. The molecule has 2 unspecified atom stereocenters. The second kappa shape index (κ2) is 3.85. The van der Waals surface area contributed by atoms with E-state index in [1.807, 2.05) is 12.1 Å². The van der Waals surface area contributed by atoms with Crippen LogP contribution >= 0.6 is 0 Å². The monoisotopic (exact) mass is 227 g/mol. The maximum Gasteiger partial charge on any atom is 0.0927 e. The molecule has 1 aromatic rings. The molecule has 0 heterocycles. The van der Waals surface area contributed by atoms with Crippen molar-refractivity contribution in [2.75, 3.05) is 0 Å². The third-order valence-electron chi connectivity index (χ3n) is 4.33. The maximum absolute atomic E-state index is 10.9. The minimum Gasteiger partial charge on any atom is -0.385 e. The molecule has 3 rings (SSSR count). The van der Waals surface area contributed by atoms with Crippen LogP contribution in [-0.4, -0.2) is 5.11 Å². The molecule has 2 aliphatic rings. The molecule has 17 heavy (non-hydrogen) atoms. The van der Waals surface area contributed by atoms with Crippen molar-refractivity contribution in [3.05, 3.63) is 35.4 Å². The van der Waals surface area contributed by atoms with Crippen LogP contribution in [0.25, 0.3) is 0 Å². The fourth-order valence-electron chi connectivity index (χ4n) is 3.24. The van der Waals surface area contributed by atoms with Gasteiger partial charge in [-0.2, -0.15) is 5.26 Å². The quantitative estimate of drug-likeness (QED) is 0.843. The molecule has 1 N–H and O–H groups in total. The van der Waals surface area contributed by atoms with Crippen molar-refractivity contribution < 1.29 is 5.11 Å². The van der Waals surface area contributed by atoms with Crippen LogP contribution in [-0.2, 0) is 5.60 Å². The molecule has 0 radical (unpaired) electrons. The SMILES string of the molecule is N#CCC1CCC(O)(C2CC2)c2ccccc21. The van der Waals surface area contributed by atoms with E-state index in [2.05, 4.69) is 18.2 Å². The zero-order valence-electron chi connectivity index (χ0n) is 9.89. The Balaban J connectivity index is 2.04. The van der Waals surface area contributed by atoms with Gasteiger partial charge in [-0.05, 0) is 48.6 Å². The molecule has 88 valence electrons. The molecule has 0 spiro atoms. The predicted octanol–water partition coefficient (Wildman–Crippen LogP) is 3.08. The number of nitrogens with zero attached hydrogens (tertiary/aromatic N) is 1. The first-order chi connectivity index (χ1) is 8.25. The van der Waals surface area contributed by atoms with E-state index in [9.17, 15) is 5.11 Å². The van der Waals surface area contributed by atoms with Crippen LogP contribution < -0.4 is 0 Å². The largest absolute Gasteiger partial charge is 0.385 e. The Morgan fingerprint density at radius 2 is 2.06 bits per heavy atom. The smallest absolute Gasteiger partial charge is 0.0927 e. The topological polar surface area (TPSA) is 44.0 Å². The van der Waals surface area contributed by atoms with Gasteiger partial charge in [0.25, 0.3) is 0 Å². The van der Waals surface area contributed by atoms with Gasteiger partial charge in [-0.25, -0.2) is 0 Å². The molecule has 0 saturated heterocycles. The van der Waals surface area contributed by atoms with E-state index < -0.39 is 5.60 Å². The molecule has 0 amide bonds. The summed E-state index contributed by atoms with van der Waals surface area (Å²) in [6.07, 6.45) is 4.62. The highest BCUT2D eigenvalue weighted by atomic mass is 16.3. The zero-order valence-corrected chi connectivity index (χ0v) is 9.89. The number of fused-ring (bicyclic) bond motifs is 1. The Hall–Kier alpha value is -1.33. The summed E-state index contributed by atoms with van der Waals surface area (Å²) in [5.41, 5.74) is 1.69. The fraction of sp³-hybridized carbons (Fsp3) is 0.533. The highest BCUT2D eigenvalue weighted by Crippen LogP contribution is 2.53. The lowest BCUT2D eigenvalue weighted by Crippen LogP contribution is -2.34. The van der Waals surface area contributed by atoms with Gasteiger partial charge in [-0.1, -0.05) is 24.3 Å². The van der Waals surface area contributed by atoms with Gasteiger partial charge in [0.1, 0.15) is 0 Å². The zero-order chi connectivity index (χ0) is 11.9. The van der Waals surface area contributed by atoms with Gasteiger partial charge in [0.2, 0.25) is 0 Å². The Kier molecular flexibility index (Phi) is 2.45. The van der Waals surface area contributed by atoms with Crippen molar-refractivity contribution in [2.24, 2.45) is 5.92 Å². The minimum atomic E-state index is -0.609. The maximum atomic E-state index is 10.9. The van der Waals surface area contributed by atoms with Gasteiger partial charge >= 0.3 is 0 Å². The Morgan fingerprint density at radius 3 is 2.76 bits per heavy atom. The van der Waals surface area contributed by atoms with E-state index in [0.717, 1.165) is 31.2 Å². The second-order valence-electron chi connectivity index (χ2n) is 5.38. The molecule has 0 aromatic heterocycles. The highest BCUT2D eigenvalue weighted by molar-refractivity contribution is 5.39. The number of hydrogen-bond donors (Lipinski definition) is 1. The van der Waals surface area contributed by atoms with Crippen molar-refractivity contribution in [1.82, 2.24) is 0 Å². The molecular formula is C15H17NO. The van der Waals surface area contributed by atoms with Crippen LogP contribution in [0.4, 0.5) is 0 Å². The molecule has 1 fully saturated rings. The fourth-order valence-corrected chi connectivity index (χ4v) is 3.24. The molecule has 2 aliphatic carbocycles. The van der Waals surface area contributed by atoms with Crippen LogP contribution in [0.1, 0.15) is 49.1 Å². The van der Waals surface area contributed by atoms with Gasteiger partial charge < -0.3 is 5.11 Å². The summed E-state index contributed by atoms with van der Waals surface area (Å²) in [6.45, 7) is 0. The van der Waals surface area contributed by atoms with E-state index in [1.54, 1.807) is 0 Å². The first-order valence-corrected chi connectivity index (χ1v) is 6.44. The molecular weight excluding hydrogens is 210 g/mol. The predicted molar refractivity (Wildman–Crippen MR) is 65.3 cm³/mol. The van der Waals surface area contributed by atoms with E-state index >= 15 is 0 Å². The third kappa shape index (κ3) is 1.66. The second-order valence-corrected chi connectivity index (χ2v) is 5.38. The van der Waals surface area contributed by atoms with Crippen molar-refractivity contribution >= 4 is 0 Å². The number of benzene rings is 1. The normalized spacial score (nSPS) is 31.6. The van der Waals surface area contributed by atoms with E-state index in [-0.39, 0.29) is 0 Å². The Labute approximate surface area is 102 Å². The number of hydrogen-bond acceptors (Lipinski definition) is 2. The summed E-state index contributed by atoms with van der Waals surface area (Å²) in [4.78, 5) is 0. The van der Waals surface area contributed by atoms with Gasteiger partial charge in [-0.3, -0.25) is 0 Å². The molecule has 0 aliphatic heterocycles. The third-order valence-corrected chi connectivity index (χ3v) is 4.33. The number of aliphatic hydroxyl groups is 1. The Morgan fingerprint density at radius 1 is 1.29 bits per heavy atom. The molecule has 2 heteroatoms. The van der Waals surface area contributed by atoms with Crippen LogP contribution in [0.15, 0.2) is 24.3 Å². The minimum absolute atomic E-state index is 0.315. The molecule has 2 nitrogen and oxygen atoms in total. The van der Waals surface area contributed by atoms with E-state index in [1.165, 1.54) is 5.56 Å². The summed E-state index contributed by atoms with van der Waals surface area (Å²) in [5, 5.41) is 19.7. The molecule has 1 aromatic carbocycles. The van der Waals surface area contributed by atoms with Crippen molar-refractivity contribution in [1.29, 1.82) is 5.26 Å². The average molecular weight is 227 g/mol. The van der Waals surface area contributed by atoms with Gasteiger partial charge in [0, 0.05) is 6.42 Å².